The van der Waals surface area contributed by atoms with E-state index in [1.807, 2.05) is 6.07 Å². The molecule has 1 aliphatic rings. The summed E-state index contributed by atoms with van der Waals surface area (Å²) >= 11 is 0. The Morgan fingerprint density at radius 3 is 2.84 bits per heavy atom. The van der Waals surface area contributed by atoms with Crippen molar-refractivity contribution >= 4 is 5.69 Å². The van der Waals surface area contributed by atoms with Crippen LogP contribution in [0.5, 0.6) is 5.75 Å². The molecule has 0 saturated carbocycles. The monoisotopic (exact) mass is 265 g/mol. The third-order valence-corrected chi connectivity index (χ3v) is 3.77. The van der Waals surface area contributed by atoms with E-state index in [0.29, 0.717) is 18.3 Å². The molecule has 0 aromatic heterocycles. The molecule has 104 valence electrons. The van der Waals surface area contributed by atoms with Crippen molar-refractivity contribution in [1.29, 1.82) is 0 Å². The van der Waals surface area contributed by atoms with Gasteiger partial charge in [-0.15, -0.1) is 0 Å². The molecule has 19 heavy (non-hydrogen) atoms. The van der Waals surface area contributed by atoms with Gasteiger partial charge in [0.2, 0.25) is 0 Å². The number of nitrogens with zero attached hydrogens (tertiary/aromatic N) is 2. The molecule has 1 aromatic carbocycles. The van der Waals surface area contributed by atoms with Crippen LogP contribution in [-0.2, 0) is 6.54 Å². The molecule has 1 fully saturated rings. The highest BCUT2D eigenvalue weighted by Crippen LogP contribution is 2.29. The molecule has 0 radical (unpaired) electrons. The van der Waals surface area contributed by atoms with Crippen molar-refractivity contribution in [2.75, 3.05) is 13.7 Å². The molecule has 0 aliphatic carbocycles. The van der Waals surface area contributed by atoms with Crippen LogP contribution in [0.1, 0.15) is 18.9 Å². The number of methoxy groups -OCH3 is 1. The zero-order valence-electron chi connectivity index (χ0n) is 11.2. The Labute approximate surface area is 112 Å². The van der Waals surface area contributed by atoms with Gasteiger partial charge in [-0.05, 0) is 25.0 Å². The largest absolute Gasteiger partial charge is 0.490 e. The second kappa shape index (κ2) is 5.54. The molecule has 0 amide bonds. The number of benzene rings is 1. The quantitative estimate of drug-likeness (QED) is 0.659. The van der Waals surface area contributed by atoms with Crippen molar-refractivity contribution < 1.29 is 9.66 Å². The summed E-state index contributed by atoms with van der Waals surface area (Å²) in [6.07, 6.45) is 0.972. The fourth-order valence-corrected chi connectivity index (χ4v) is 2.46. The number of hydrogen-bond donors (Lipinski definition) is 1. The number of hydrogen-bond acceptors (Lipinski definition) is 5. The maximum Gasteiger partial charge on any atom is 0.311 e. The predicted octanol–water partition coefficient (Wildman–Crippen LogP) is 1.52. The van der Waals surface area contributed by atoms with Gasteiger partial charge in [0.1, 0.15) is 0 Å². The van der Waals surface area contributed by atoms with Gasteiger partial charge in [-0.3, -0.25) is 15.0 Å². The molecule has 1 aromatic rings. The van der Waals surface area contributed by atoms with E-state index in [0.717, 1.165) is 18.5 Å². The van der Waals surface area contributed by atoms with Crippen molar-refractivity contribution in [1.82, 2.24) is 4.90 Å². The molecule has 2 atom stereocenters. The average Bonchev–Trinajstić information content (AvgIpc) is 2.70. The molecule has 2 rings (SSSR count). The first-order valence-electron chi connectivity index (χ1n) is 6.34. The summed E-state index contributed by atoms with van der Waals surface area (Å²) in [7, 11) is 1.43. The Morgan fingerprint density at radius 2 is 2.32 bits per heavy atom. The number of rotatable bonds is 4. The van der Waals surface area contributed by atoms with E-state index in [1.165, 1.54) is 7.11 Å². The zero-order valence-corrected chi connectivity index (χ0v) is 11.2. The van der Waals surface area contributed by atoms with Gasteiger partial charge in [0.15, 0.2) is 5.75 Å². The first kappa shape index (κ1) is 13.8. The van der Waals surface area contributed by atoms with Crippen LogP contribution in [0.4, 0.5) is 5.69 Å². The van der Waals surface area contributed by atoms with Gasteiger partial charge in [-0.2, -0.15) is 0 Å². The van der Waals surface area contributed by atoms with E-state index in [4.69, 9.17) is 10.5 Å². The van der Waals surface area contributed by atoms with Crippen LogP contribution in [0.2, 0.25) is 0 Å². The molecule has 6 nitrogen and oxygen atoms in total. The van der Waals surface area contributed by atoms with Gasteiger partial charge in [0.05, 0.1) is 12.0 Å². The van der Waals surface area contributed by atoms with Crippen LogP contribution in [0.15, 0.2) is 18.2 Å². The standard InChI is InChI=1S/C13H19N3O3/c1-9-11(14)5-6-15(9)8-10-3-4-13(19-2)12(7-10)16(17)18/h3-4,7,9,11H,5-6,8,14H2,1-2H3. The second-order valence-electron chi connectivity index (χ2n) is 4.93. The Morgan fingerprint density at radius 1 is 1.58 bits per heavy atom. The predicted molar refractivity (Wildman–Crippen MR) is 72.1 cm³/mol. The fraction of sp³-hybridized carbons (Fsp3) is 0.538. The Balaban J connectivity index is 2.17. The van der Waals surface area contributed by atoms with Crippen molar-refractivity contribution in [3.05, 3.63) is 33.9 Å². The molecule has 1 saturated heterocycles. The van der Waals surface area contributed by atoms with Crippen LogP contribution in [0, 0.1) is 10.1 Å². The maximum absolute atomic E-state index is 11.0. The van der Waals surface area contributed by atoms with Crippen LogP contribution >= 0.6 is 0 Å². The summed E-state index contributed by atoms with van der Waals surface area (Å²) in [6.45, 7) is 3.71. The average molecular weight is 265 g/mol. The fourth-order valence-electron chi connectivity index (χ4n) is 2.46. The summed E-state index contributed by atoms with van der Waals surface area (Å²) < 4.78 is 4.99. The summed E-state index contributed by atoms with van der Waals surface area (Å²) in [5.74, 6) is 0.292. The van der Waals surface area contributed by atoms with Gasteiger partial charge in [-0.25, -0.2) is 0 Å². The smallest absolute Gasteiger partial charge is 0.311 e. The lowest BCUT2D eigenvalue weighted by atomic mass is 10.1. The molecule has 2 N–H and O–H groups in total. The highest BCUT2D eigenvalue weighted by molar-refractivity contribution is 5.48. The summed E-state index contributed by atoms with van der Waals surface area (Å²) in [6, 6.07) is 5.58. The lowest BCUT2D eigenvalue weighted by Crippen LogP contribution is -2.36. The molecule has 1 aliphatic heterocycles. The number of ether oxygens (including phenoxy) is 1. The lowest BCUT2D eigenvalue weighted by Gasteiger charge is -2.22. The van der Waals surface area contributed by atoms with E-state index in [9.17, 15) is 10.1 Å². The van der Waals surface area contributed by atoms with Crippen LogP contribution in [0.25, 0.3) is 0 Å². The summed E-state index contributed by atoms with van der Waals surface area (Å²) in [5, 5.41) is 11.0. The molecule has 0 bridgehead atoms. The minimum absolute atomic E-state index is 0.0103. The normalized spacial score (nSPS) is 23.5. The molecule has 2 unspecified atom stereocenters. The first-order valence-corrected chi connectivity index (χ1v) is 6.34. The zero-order chi connectivity index (χ0) is 14.0. The third-order valence-electron chi connectivity index (χ3n) is 3.77. The van der Waals surface area contributed by atoms with Gasteiger partial charge in [-0.1, -0.05) is 6.07 Å². The molecular formula is C13H19N3O3. The maximum atomic E-state index is 11.0. The SMILES string of the molecule is COc1ccc(CN2CCC(N)C2C)cc1[N+](=O)[O-]. The minimum Gasteiger partial charge on any atom is -0.490 e. The Kier molecular flexibility index (Phi) is 4.01. The molecule has 0 spiro atoms. The van der Waals surface area contributed by atoms with Crippen molar-refractivity contribution in [2.24, 2.45) is 5.73 Å². The summed E-state index contributed by atoms with van der Waals surface area (Å²) in [4.78, 5) is 12.8. The van der Waals surface area contributed by atoms with E-state index < -0.39 is 4.92 Å². The van der Waals surface area contributed by atoms with Crippen LogP contribution in [-0.4, -0.2) is 35.6 Å². The van der Waals surface area contributed by atoms with Gasteiger partial charge < -0.3 is 10.5 Å². The van der Waals surface area contributed by atoms with Crippen LogP contribution in [0.3, 0.4) is 0 Å². The number of nitro groups is 1. The Hall–Kier alpha value is -1.66. The van der Waals surface area contributed by atoms with E-state index in [2.05, 4.69) is 11.8 Å². The third kappa shape index (κ3) is 2.85. The number of nitrogens with two attached hydrogens (primary N) is 1. The number of likely N-dealkylation sites (tertiary alicyclic amines) is 1. The minimum atomic E-state index is -0.415. The van der Waals surface area contributed by atoms with E-state index in [1.54, 1.807) is 12.1 Å². The van der Waals surface area contributed by atoms with Gasteiger partial charge >= 0.3 is 5.69 Å². The highest BCUT2D eigenvalue weighted by Gasteiger charge is 2.28. The first-order chi connectivity index (χ1) is 9.02. The molecule has 1 heterocycles. The van der Waals surface area contributed by atoms with E-state index >= 15 is 0 Å². The topological polar surface area (TPSA) is 81.6 Å². The van der Waals surface area contributed by atoms with Crippen molar-refractivity contribution in [2.45, 2.75) is 32.0 Å². The van der Waals surface area contributed by atoms with Crippen molar-refractivity contribution in [3.8, 4) is 5.75 Å². The number of nitro benzene ring substituents is 1. The molecule has 6 heteroatoms. The Bertz CT molecular complexity index is 478. The molecular weight excluding hydrogens is 246 g/mol. The second-order valence-corrected chi connectivity index (χ2v) is 4.93. The highest BCUT2D eigenvalue weighted by atomic mass is 16.6. The van der Waals surface area contributed by atoms with Gasteiger partial charge in [0, 0.05) is 31.2 Å². The van der Waals surface area contributed by atoms with E-state index in [-0.39, 0.29) is 11.7 Å². The lowest BCUT2D eigenvalue weighted by molar-refractivity contribution is -0.385. The summed E-state index contributed by atoms with van der Waals surface area (Å²) in [5.41, 5.74) is 6.90. The van der Waals surface area contributed by atoms with Gasteiger partial charge in [0.25, 0.3) is 0 Å². The van der Waals surface area contributed by atoms with Crippen molar-refractivity contribution in [3.63, 3.8) is 0 Å². The van der Waals surface area contributed by atoms with Crippen LogP contribution < -0.4 is 10.5 Å².